The van der Waals surface area contributed by atoms with Gasteiger partial charge < -0.3 is 20.3 Å². The van der Waals surface area contributed by atoms with Gasteiger partial charge >= 0.3 is 6.09 Å². The highest BCUT2D eigenvalue weighted by Gasteiger charge is 2.30. The SMILES string of the molecule is CC(C)(C)OC(=O)N1CC[C@H](NC(=O)c2cccc(NC(=O)Cc3ccc(Br)cc3)c2)C1. The predicted molar refractivity (Wildman–Crippen MR) is 127 cm³/mol. The van der Waals surface area contributed by atoms with E-state index >= 15 is 0 Å². The molecule has 2 aromatic rings. The fourth-order valence-electron chi connectivity index (χ4n) is 3.37. The summed E-state index contributed by atoms with van der Waals surface area (Å²) in [5, 5.41) is 5.80. The lowest BCUT2D eigenvalue weighted by Gasteiger charge is -2.24. The number of carbonyl (C=O) groups excluding carboxylic acids is 3. The first-order valence-electron chi connectivity index (χ1n) is 10.5. The molecule has 7 nitrogen and oxygen atoms in total. The van der Waals surface area contributed by atoms with Crippen LogP contribution in [-0.2, 0) is 16.0 Å². The van der Waals surface area contributed by atoms with Crippen molar-refractivity contribution in [2.24, 2.45) is 0 Å². The molecule has 32 heavy (non-hydrogen) atoms. The molecular weight excluding hydrogens is 474 g/mol. The van der Waals surface area contributed by atoms with Gasteiger partial charge in [-0.25, -0.2) is 4.79 Å². The lowest BCUT2D eigenvalue weighted by molar-refractivity contribution is -0.115. The van der Waals surface area contributed by atoms with Gasteiger partial charge in [0.15, 0.2) is 0 Å². The number of halogens is 1. The van der Waals surface area contributed by atoms with Crippen LogP contribution in [-0.4, -0.2) is 47.5 Å². The first kappa shape index (κ1) is 23.8. The lowest BCUT2D eigenvalue weighted by atomic mass is 10.1. The molecule has 8 heteroatoms. The van der Waals surface area contributed by atoms with Crippen LogP contribution in [0.2, 0.25) is 0 Å². The fourth-order valence-corrected chi connectivity index (χ4v) is 3.63. The molecular formula is C24H28BrN3O4. The van der Waals surface area contributed by atoms with Crippen molar-refractivity contribution < 1.29 is 19.1 Å². The largest absolute Gasteiger partial charge is 0.444 e. The Labute approximate surface area is 196 Å². The summed E-state index contributed by atoms with van der Waals surface area (Å²) in [5.41, 5.74) is 1.35. The summed E-state index contributed by atoms with van der Waals surface area (Å²) in [6.45, 7) is 6.41. The number of benzene rings is 2. The smallest absolute Gasteiger partial charge is 0.410 e. The number of nitrogens with one attached hydrogen (secondary N) is 2. The highest BCUT2D eigenvalue weighted by atomic mass is 79.9. The van der Waals surface area contributed by atoms with Crippen LogP contribution in [0, 0.1) is 0 Å². The molecule has 0 aliphatic carbocycles. The number of nitrogens with zero attached hydrogens (tertiary/aromatic N) is 1. The lowest BCUT2D eigenvalue weighted by Crippen LogP contribution is -2.40. The van der Waals surface area contributed by atoms with E-state index in [2.05, 4.69) is 26.6 Å². The molecule has 0 saturated carbocycles. The van der Waals surface area contributed by atoms with Gasteiger partial charge in [-0.3, -0.25) is 9.59 Å². The molecule has 0 bridgehead atoms. The Hall–Kier alpha value is -2.87. The van der Waals surface area contributed by atoms with Gasteiger partial charge in [0.2, 0.25) is 5.91 Å². The Morgan fingerprint density at radius 1 is 1.12 bits per heavy atom. The van der Waals surface area contributed by atoms with Crippen molar-refractivity contribution in [3.63, 3.8) is 0 Å². The van der Waals surface area contributed by atoms with Crippen LogP contribution < -0.4 is 10.6 Å². The van der Waals surface area contributed by atoms with Crippen LogP contribution in [0.15, 0.2) is 53.0 Å². The molecule has 2 aromatic carbocycles. The van der Waals surface area contributed by atoms with E-state index in [0.717, 1.165) is 10.0 Å². The molecule has 0 spiro atoms. The molecule has 1 aliphatic rings. The maximum absolute atomic E-state index is 12.7. The number of anilines is 1. The van der Waals surface area contributed by atoms with Crippen LogP contribution in [0.4, 0.5) is 10.5 Å². The maximum Gasteiger partial charge on any atom is 0.410 e. The Bertz CT molecular complexity index is 985. The molecule has 0 radical (unpaired) electrons. The zero-order chi connectivity index (χ0) is 23.3. The van der Waals surface area contributed by atoms with Gasteiger partial charge in [-0.1, -0.05) is 34.1 Å². The number of hydrogen-bond acceptors (Lipinski definition) is 4. The normalized spacial score (nSPS) is 15.9. The first-order chi connectivity index (χ1) is 15.1. The van der Waals surface area contributed by atoms with Crippen LogP contribution in [0.1, 0.15) is 43.1 Å². The number of ether oxygens (including phenoxy) is 1. The molecule has 3 amide bonds. The fraction of sp³-hybridized carbons (Fsp3) is 0.375. The third-order valence-corrected chi connectivity index (χ3v) is 5.39. The van der Waals surface area contributed by atoms with Crippen molar-refractivity contribution in [1.29, 1.82) is 0 Å². The molecule has 170 valence electrons. The molecule has 0 aromatic heterocycles. The van der Waals surface area contributed by atoms with Crippen molar-refractivity contribution in [2.45, 2.75) is 45.3 Å². The Kier molecular flexibility index (Phi) is 7.56. The summed E-state index contributed by atoms with van der Waals surface area (Å²) in [4.78, 5) is 38.9. The van der Waals surface area contributed by atoms with E-state index in [4.69, 9.17) is 4.74 Å². The number of carbonyl (C=O) groups is 3. The monoisotopic (exact) mass is 501 g/mol. The van der Waals surface area contributed by atoms with E-state index in [1.165, 1.54) is 0 Å². The van der Waals surface area contributed by atoms with Gasteiger partial charge in [0.25, 0.3) is 5.91 Å². The molecule has 0 unspecified atom stereocenters. The van der Waals surface area contributed by atoms with Gasteiger partial charge in [-0.2, -0.15) is 0 Å². The molecule has 2 N–H and O–H groups in total. The van der Waals surface area contributed by atoms with Crippen LogP contribution in [0.25, 0.3) is 0 Å². The summed E-state index contributed by atoms with van der Waals surface area (Å²) in [6.07, 6.45) is 0.533. The first-order valence-corrected chi connectivity index (χ1v) is 11.3. The summed E-state index contributed by atoms with van der Waals surface area (Å²) in [7, 11) is 0. The van der Waals surface area contributed by atoms with Gasteiger partial charge in [0.1, 0.15) is 5.60 Å². The van der Waals surface area contributed by atoms with E-state index in [1.807, 2.05) is 45.0 Å². The van der Waals surface area contributed by atoms with Gasteiger partial charge in [0.05, 0.1) is 6.42 Å². The predicted octanol–water partition coefficient (Wildman–Crippen LogP) is 4.37. The van der Waals surface area contributed by atoms with E-state index < -0.39 is 5.60 Å². The zero-order valence-corrected chi connectivity index (χ0v) is 20.1. The van der Waals surface area contributed by atoms with Crippen LogP contribution >= 0.6 is 15.9 Å². The Balaban J connectivity index is 1.53. The molecule has 1 fully saturated rings. The maximum atomic E-state index is 12.7. The quantitative estimate of drug-likeness (QED) is 0.636. The average molecular weight is 502 g/mol. The Morgan fingerprint density at radius 2 is 1.84 bits per heavy atom. The summed E-state index contributed by atoms with van der Waals surface area (Å²) >= 11 is 3.38. The van der Waals surface area contributed by atoms with Crippen molar-refractivity contribution in [2.75, 3.05) is 18.4 Å². The number of rotatable bonds is 5. The van der Waals surface area contributed by atoms with E-state index in [-0.39, 0.29) is 30.4 Å². The topological polar surface area (TPSA) is 87.7 Å². The van der Waals surface area contributed by atoms with Gasteiger partial charge in [0, 0.05) is 34.9 Å². The molecule has 3 rings (SSSR count). The molecule has 1 aliphatic heterocycles. The second-order valence-corrected chi connectivity index (χ2v) is 9.73. The minimum Gasteiger partial charge on any atom is -0.444 e. The third-order valence-electron chi connectivity index (χ3n) is 4.86. The Morgan fingerprint density at radius 3 is 2.53 bits per heavy atom. The van der Waals surface area contributed by atoms with Crippen LogP contribution in [0.3, 0.4) is 0 Å². The highest BCUT2D eigenvalue weighted by molar-refractivity contribution is 9.10. The number of amides is 3. The average Bonchev–Trinajstić information content (AvgIpc) is 3.17. The zero-order valence-electron chi connectivity index (χ0n) is 18.5. The second-order valence-electron chi connectivity index (χ2n) is 8.82. The molecule has 1 atom stereocenters. The molecule has 1 heterocycles. The second kappa shape index (κ2) is 10.2. The van der Waals surface area contributed by atoms with Gasteiger partial charge in [-0.15, -0.1) is 0 Å². The van der Waals surface area contributed by atoms with Crippen LogP contribution in [0.5, 0.6) is 0 Å². The minimum atomic E-state index is -0.555. The van der Waals surface area contributed by atoms with Gasteiger partial charge in [-0.05, 0) is 63.1 Å². The van der Waals surface area contributed by atoms with E-state index in [1.54, 1.807) is 29.2 Å². The van der Waals surface area contributed by atoms with E-state index in [0.29, 0.717) is 30.8 Å². The van der Waals surface area contributed by atoms with Crippen molar-refractivity contribution in [3.05, 3.63) is 64.1 Å². The number of hydrogen-bond donors (Lipinski definition) is 2. The van der Waals surface area contributed by atoms with Crippen molar-refractivity contribution in [1.82, 2.24) is 10.2 Å². The minimum absolute atomic E-state index is 0.148. The summed E-state index contributed by atoms with van der Waals surface area (Å²) < 4.78 is 6.35. The standard InChI is InChI=1S/C24H28BrN3O4/c1-24(2,3)32-23(31)28-12-11-20(15-28)27-22(30)17-5-4-6-19(14-17)26-21(29)13-16-7-9-18(25)10-8-16/h4-10,14,20H,11-13,15H2,1-3H3,(H,26,29)(H,27,30)/t20-/m0/s1. The van der Waals surface area contributed by atoms with Crippen molar-refractivity contribution in [3.8, 4) is 0 Å². The highest BCUT2D eigenvalue weighted by Crippen LogP contribution is 2.17. The third kappa shape index (κ3) is 7.09. The van der Waals surface area contributed by atoms with E-state index in [9.17, 15) is 14.4 Å². The number of likely N-dealkylation sites (tertiary alicyclic amines) is 1. The molecule has 1 saturated heterocycles. The van der Waals surface area contributed by atoms with Crippen molar-refractivity contribution >= 4 is 39.5 Å². The summed E-state index contributed by atoms with van der Waals surface area (Å²) in [5.74, 6) is -0.404. The summed E-state index contributed by atoms with van der Waals surface area (Å²) in [6, 6.07) is 14.2.